The van der Waals surface area contributed by atoms with Crippen molar-refractivity contribution < 1.29 is 5.11 Å². The number of nitrogens with zero attached hydrogens (tertiary/aromatic N) is 2. The van der Waals surface area contributed by atoms with E-state index >= 15 is 0 Å². The van der Waals surface area contributed by atoms with Gasteiger partial charge in [-0.25, -0.2) is 0 Å². The zero-order valence-electron chi connectivity index (χ0n) is 11.4. The molecule has 3 atom stereocenters. The number of likely N-dealkylation sites (N-methyl/N-ethyl adjacent to an activating group) is 1. The van der Waals surface area contributed by atoms with E-state index in [1.54, 1.807) is 0 Å². The smallest absolute Gasteiger partial charge is 0.0710 e. The average molecular weight is 240 g/mol. The molecule has 2 aliphatic rings. The fourth-order valence-corrected chi connectivity index (χ4v) is 3.52. The van der Waals surface area contributed by atoms with Crippen LogP contribution in [-0.4, -0.2) is 59.3 Å². The molecule has 0 bridgehead atoms. The van der Waals surface area contributed by atoms with Crippen molar-refractivity contribution in [1.29, 1.82) is 0 Å². The molecule has 2 rings (SSSR count). The Hall–Kier alpha value is -0.120. The summed E-state index contributed by atoms with van der Waals surface area (Å²) in [6.45, 7) is 9.19. The highest BCUT2D eigenvalue weighted by Gasteiger charge is 2.39. The Morgan fingerprint density at radius 2 is 2.18 bits per heavy atom. The molecule has 0 aromatic rings. The maximum Gasteiger partial charge on any atom is 0.0710 e. The zero-order chi connectivity index (χ0) is 12.3. The lowest BCUT2D eigenvalue weighted by Gasteiger charge is -2.43. The van der Waals surface area contributed by atoms with Crippen LogP contribution in [0.1, 0.15) is 46.0 Å². The SMILES string of the molecule is CCCCN(CC)[C@@H]1CC(O)C2CCCN2C1. The number of aliphatic hydroxyl groups excluding tert-OH is 1. The molecule has 0 aromatic carbocycles. The van der Waals surface area contributed by atoms with Gasteiger partial charge in [0, 0.05) is 18.6 Å². The number of unbranched alkanes of at least 4 members (excludes halogenated alkanes) is 1. The highest BCUT2D eigenvalue weighted by molar-refractivity contribution is 4.95. The van der Waals surface area contributed by atoms with Gasteiger partial charge in [-0.2, -0.15) is 0 Å². The van der Waals surface area contributed by atoms with Crippen molar-refractivity contribution in [2.24, 2.45) is 0 Å². The van der Waals surface area contributed by atoms with E-state index in [0.29, 0.717) is 12.1 Å². The number of aliphatic hydroxyl groups is 1. The molecule has 1 N–H and O–H groups in total. The molecule has 2 fully saturated rings. The monoisotopic (exact) mass is 240 g/mol. The Balaban J connectivity index is 1.91. The second kappa shape index (κ2) is 6.17. The first-order chi connectivity index (χ1) is 8.26. The summed E-state index contributed by atoms with van der Waals surface area (Å²) in [5, 5.41) is 10.3. The molecule has 17 heavy (non-hydrogen) atoms. The summed E-state index contributed by atoms with van der Waals surface area (Å²) in [5.41, 5.74) is 0. The van der Waals surface area contributed by atoms with Gasteiger partial charge in [-0.3, -0.25) is 9.80 Å². The van der Waals surface area contributed by atoms with Gasteiger partial charge in [0.05, 0.1) is 6.10 Å². The number of hydrogen-bond donors (Lipinski definition) is 1. The lowest BCUT2D eigenvalue weighted by molar-refractivity contribution is -0.0140. The molecule has 2 heterocycles. The van der Waals surface area contributed by atoms with E-state index in [2.05, 4.69) is 23.6 Å². The minimum atomic E-state index is -0.0908. The number of rotatable bonds is 5. The van der Waals surface area contributed by atoms with Gasteiger partial charge in [0.15, 0.2) is 0 Å². The van der Waals surface area contributed by atoms with Gasteiger partial charge >= 0.3 is 0 Å². The third kappa shape index (κ3) is 3.01. The highest BCUT2D eigenvalue weighted by Crippen LogP contribution is 2.29. The quantitative estimate of drug-likeness (QED) is 0.792. The molecule has 0 spiro atoms. The van der Waals surface area contributed by atoms with E-state index in [0.717, 1.165) is 13.0 Å². The van der Waals surface area contributed by atoms with Crippen molar-refractivity contribution >= 4 is 0 Å². The van der Waals surface area contributed by atoms with Crippen LogP contribution in [0.4, 0.5) is 0 Å². The summed E-state index contributed by atoms with van der Waals surface area (Å²) in [6, 6.07) is 1.05. The molecule has 2 saturated heterocycles. The topological polar surface area (TPSA) is 26.7 Å². The summed E-state index contributed by atoms with van der Waals surface area (Å²) < 4.78 is 0. The van der Waals surface area contributed by atoms with Crippen LogP contribution in [0.25, 0.3) is 0 Å². The van der Waals surface area contributed by atoms with Gasteiger partial charge in [0.2, 0.25) is 0 Å². The Kier molecular flexibility index (Phi) is 4.83. The number of piperidine rings is 1. The molecule has 0 aromatic heterocycles. The lowest BCUT2D eigenvalue weighted by Crippen LogP contribution is -2.55. The number of hydrogen-bond acceptors (Lipinski definition) is 3. The van der Waals surface area contributed by atoms with Crippen molar-refractivity contribution in [3.8, 4) is 0 Å². The second-order valence-corrected chi connectivity index (χ2v) is 5.64. The Morgan fingerprint density at radius 3 is 2.88 bits per heavy atom. The van der Waals surface area contributed by atoms with E-state index in [4.69, 9.17) is 0 Å². The van der Waals surface area contributed by atoms with E-state index in [1.165, 1.54) is 45.3 Å². The van der Waals surface area contributed by atoms with E-state index in [9.17, 15) is 5.11 Å². The molecule has 2 aliphatic heterocycles. The highest BCUT2D eigenvalue weighted by atomic mass is 16.3. The van der Waals surface area contributed by atoms with Crippen molar-refractivity contribution in [3.05, 3.63) is 0 Å². The van der Waals surface area contributed by atoms with Crippen LogP contribution in [-0.2, 0) is 0 Å². The predicted molar refractivity (Wildman–Crippen MR) is 71.2 cm³/mol. The summed E-state index contributed by atoms with van der Waals surface area (Å²) in [5.74, 6) is 0. The minimum absolute atomic E-state index is 0.0908. The summed E-state index contributed by atoms with van der Waals surface area (Å²) >= 11 is 0. The van der Waals surface area contributed by atoms with E-state index in [-0.39, 0.29) is 6.10 Å². The Labute approximate surface area is 106 Å². The first-order valence-corrected chi connectivity index (χ1v) is 7.42. The molecule has 0 saturated carbocycles. The molecule has 2 unspecified atom stereocenters. The van der Waals surface area contributed by atoms with Gasteiger partial charge in [0.1, 0.15) is 0 Å². The van der Waals surface area contributed by atoms with Crippen LogP contribution in [0.3, 0.4) is 0 Å². The molecule has 0 amide bonds. The van der Waals surface area contributed by atoms with Crippen LogP contribution in [0.5, 0.6) is 0 Å². The van der Waals surface area contributed by atoms with Crippen molar-refractivity contribution in [3.63, 3.8) is 0 Å². The summed E-state index contributed by atoms with van der Waals surface area (Å²) in [4.78, 5) is 5.09. The van der Waals surface area contributed by atoms with Crippen molar-refractivity contribution in [2.45, 2.75) is 64.1 Å². The lowest BCUT2D eigenvalue weighted by atomic mass is 9.94. The van der Waals surface area contributed by atoms with Crippen molar-refractivity contribution in [2.75, 3.05) is 26.2 Å². The molecule has 0 radical (unpaired) electrons. The van der Waals surface area contributed by atoms with Crippen molar-refractivity contribution in [1.82, 2.24) is 9.80 Å². The van der Waals surface area contributed by atoms with Gasteiger partial charge < -0.3 is 5.11 Å². The predicted octanol–water partition coefficient (Wildman–Crippen LogP) is 1.71. The molecule has 3 nitrogen and oxygen atoms in total. The summed E-state index contributed by atoms with van der Waals surface area (Å²) in [7, 11) is 0. The molecular weight excluding hydrogens is 212 g/mol. The third-order valence-electron chi connectivity index (χ3n) is 4.54. The van der Waals surface area contributed by atoms with Gasteiger partial charge in [0.25, 0.3) is 0 Å². The van der Waals surface area contributed by atoms with Crippen LogP contribution in [0.2, 0.25) is 0 Å². The maximum atomic E-state index is 10.3. The second-order valence-electron chi connectivity index (χ2n) is 5.64. The largest absolute Gasteiger partial charge is 0.391 e. The average Bonchev–Trinajstić information content (AvgIpc) is 2.79. The fourth-order valence-electron chi connectivity index (χ4n) is 3.52. The van der Waals surface area contributed by atoms with E-state index in [1.807, 2.05) is 0 Å². The Bertz CT molecular complexity index is 234. The van der Waals surface area contributed by atoms with E-state index < -0.39 is 0 Å². The fraction of sp³-hybridized carbons (Fsp3) is 1.00. The summed E-state index contributed by atoms with van der Waals surface area (Å²) in [6.07, 6.45) is 5.91. The first kappa shape index (κ1) is 13.3. The zero-order valence-corrected chi connectivity index (χ0v) is 11.4. The van der Waals surface area contributed by atoms with Crippen LogP contribution in [0, 0.1) is 0 Å². The standard InChI is InChI=1S/C14H28N2O/c1-3-5-8-15(4-2)12-10-14(17)13-7-6-9-16(13)11-12/h12-14,17H,3-11H2,1-2H3/t12-,13?,14?/m1/s1. The normalized spacial score (nSPS) is 34.2. The van der Waals surface area contributed by atoms with Crippen LogP contribution in [0.15, 0.2) is 0 Å². The molecule has 3 heteroatoms. The minimum Gasteiger partial charge on any atom is -0.391 e. The molecule has 0 aliphatic carbocycles. The first-order valence-electron chi connectivity index (χ1n) is 7.42. The Morgan fingerprint density at radius 1 is 1.35 bits per heavy atom. The third-order valence-corrected chi connectivity index (χ3v) is 4.54. The number of fused-ring (bicyclic) bond motifs is 1. The molecular formula is C14H28N2O. The van der Waals surface area contributed by atoms with Crippen LogP contribution < -0.4 is 0 Å². The van der Waals surface area contributed by atoms with Crippen LogP contribution >= 0.6 is 0 Å². The molecule has 100 valence electrons. The maximum absolute atomic E-state index is 10.3. The van der Waals surface area contributed by atoms with Gasteiger partial charge in [-0.15, -0.1) is 0 Å². The van der Waals surface area contributed by atoms with Gasteiger partial charge in [-0.1, -0.05) is 20.3 Å². The van der Waals surface area contributed by atoms with Gasteiger partial charge in [-0.05, 0) is 45.3 Å².